The molecule has 2 heterocycles. The molecular weight excluding hydrogens is 604 g/mol. The minimum atomic E-state index is -5.04. The first kappa shape index (κ1) is 31.8. The van der Waals surface area contributed by atoms with Crippen molar-refractivity contribution in [3.8, 4) is 0 Å². The summed E-state index contributed by atoms with van der Waals surface area (Å²) >= 11 is 0.925. The van der Waals surface area contributed by atoms with Crippen LogP contribution in [0.5, 0.6) is 0 Å². The molecule has 0 bridgehead atoms. The van der Waals surface area contributed by atoms with Crippen molar-refractivity contribution in [2.45, 2.75) is 45.1 Å². The van der Waals surface area contributed by atoms with Crippen LogP contribution in [0.3, 0.4) is 0 Å². The number of nitro benzene ring substituents is 1. The Labute approximate surface area is 241 Å². The lowest BCUT2D eigenvalue weighted by molar-refractivity contribution is -0.384. The molecule has 1 aliphatic heterocycles. The number of anilines is 1. The lowest BCUT2D eigenvalue weighted by Gasteiger charge is -2.43. The lowest BCUT2D eigenvalue weighted by Crippen LogP contribution is -2.73. The van der Waals surface area contributed by atoms with Crippen LogP contribution in [0.1, 0.15) is 32.0 Å². The van der Waals surface area contributed by atoms with Crippen LogP contribution in [0.25, 0.3) is 0 Å². The zero-order valence-electron chi connectivity index (χ0n) is 22.1. The van der Waals surface area contributed by atoms with Crippen molar-refractivity contribution in [1.82, 2.24) is 14.6 Å². The summed E-state index contributed by atoms with van der Waals surface area (Å²) in [5.74, 6) is -4.08. The molecule has 0 spiro atoms. The summed E-state index contributed by atoms with van der Waals surface area (Å²) < 4.78 is 42.5. The minimum Gasteiger partial charge on any atom is -0.464 e. The molecule has 1 fully saturated rings. The molecular formula is C22H24N6O12S2. The van der Waals surface area contributed by atoms with Gasteiger partial charge in [0.05, 0.1) is 4.92 Å². The molecule has 2 atom stereocenters. The predicted molar refractivity (Wildman–Crippen MR) is 142 cm³/mol. The largest absolute Gasteiger partial charge is 0.464 e. The number of carbonyl (C=O) groups is 4. The Morgan fingerprint density at radius 3 is 2.43 bits per heavy atom. The van der Waals surface area contributed by atoms with Crippen LogP contribution in [0.4, 0.5) is 10.8 Å². The second-order valence-corrected chi connectivity index (χ2v) is 11.2. The molecule has 1 aromatic heterocycles. The molecule has 0 unspecified atom stereocenters. The summed E-state index contributed by atoms with van der Waals surface area (Å²) in [4.78, 5) is 68.9. The maximum Gasteiger partial charge on any atom is 0.362 e. The minimum absolute atomic E-state index is 0.0253. The van der Waals surface area contributed by atoms with Gasteiger partial charge in [-0.1, -0.05) is 5.16 Å². The van der Waals surface area contributed by atoms with Crippen molar-refractivity contribution in [3.05, 3.63) is 51.0 Å². The Morgan fingerprint density at radius 2 is 1.90 bits per heavy atom. The SMILES string of the molecule is CC(=O)OC[C@@H]1[C@H](NC(=O)C(=NOC(C)(C)C(=O)OCc2ccc([N+](=O)[O-])cc2)c2csc(N)n2)C(=O)N1S(=O)(=O)O. The Morgan fingerprint density at radius 1 is 1.26 bits per heavy atom. The number of hydrogen-bond acceptors (Lipinski definition) is 15. The predicted octanol–water partition coefficient (Wildman–Crippen LogP) is -0.0623. The molecule has 20 heteroatoms. The topological polar surface area (TPSA) is 260 Å². The highest BCUT2D eigenvalue weighted by Gasteiger charge is 2.55. The Balaban J connectivity index is 1.77. The number of benzene rings is 1. The number of esters is 2. The third-order valence-corrected chi connectivity index (χ3v) is 7.14. The molecule has 226 valence electrons. The number of rotatable bonds is 12. The van der Waals surface area contributed by atoms with Crippen LogP contribution in [-0.4, -0.2) is 80.9 Å². The lowest BCUT2D eigenvalue weighted by atomic mass is 9.99. The number of non-ortho nitro benzene ring substituents is 1. The Hall–Kier alpha value is -4.69. The highest BCUT2D eigenvalue weighted by Crippen LogP contribution is 2.25. The molecule has 4 N–H and O–H groups in total. The van der Waals surface area contributed by atoms with Gasteiger partial charge in [-0.05, 0) is 31.5 Å². The van der Waals surface area contributed by atoms with Crippen molar-refractivity contribution < 1.29 is 51.4 Å². The van der Waals surface area contributed by atoms with E-state index in [9.17, 15) is 42.3 Å². The van der Waals surface area contributed by atoms with Gasteiger partial charge < -0.3 is 25.4 Å². The average molecular weight is 629 g/mol. The van der Waals surface area contributed by atoms with Gasteiger partial charge in [0.1, 0.15) is 31.0 Å². The molecule has 0 radical (unpaired) electrons. The maximum atomic E-state index is 13.2. The molecule has 2 amide bonds. The zero-order valence-corrected chi connectivity index (χ0v) is 23.7. The average Bonchev–Trinajstić information content (AvgIpc) is 3.32. The molecule has 1 saturated heterocycles. The number of oxime groups is 1. The van der Waals surface area contributed by atoms with Crippen LogP contribution < -0.4 is 11.1 Å². The summed E-state index contributed by atoms with van der Waals surface area (Å²) in [6.45, 7) is 2.63. The quantitative estimate of drug-likeness (QED) is 0.0694. The van der Waals surface area contributed by atoms with E-state index in [-0.39, 0.29) is 27.4 Å². The van der Waals surface area contributed by atoms with Gasteiger partial charge in [0, 0.05) is 24.4 Å². The fraction of sp³-hybridized carbons (Fsp3) is 0.364. The molecule has 2 aromatic rings. The number of thiazole rings is 1. The third kappa shape index (κ3) is 7.53. The Kier molecular flexibility index (Phi) is 9.43. The van der Waals surface area contributed by atoms with E-state index < -0.39 is 69.0 Å². The number of β-lactam (4-membered cyclic amide) rings is 1. The number of aromatic nitrogens is 1. The van der Waals surface area contributed by atoms with E-state index in [0.717, 1.165) is 18.3 Å². The van der Waals surface area contributed by atoms with Crippen LogP contribution in [0, 0.1) is 10.1 Å². The number of nitro groups is 1. The highest BCUT2D eigenvalue weighted by atomic mass is 32.2. The highest BCUT2D eigenvalue weighted by molar-refractivity contribution is 7.84. The molecule has 18 nitrogen and oxygen atoms in total. The van der Waals surface area contributed by atoms with Crippen molar-refractivity contribution in [1.29, 1.82) is 0 Å². The number of amides is 2. The number of nitrogens with one attached hydrogen (secondary N) is 1. The molecule has 3 rings (SSSR count). The smallest absolute Gasteiger partial charge is 0.362 e. The van der Waals surface area contributed by atoms with Gasteiger partial charge in [-0.25, -0.2) is 14.1 Å². The summed E-state index contributed by atoms with van der Waals surface area (Å²) in [7, 11) is -5.04. The van der Waals surface area contributed by atoms with Crippen molar-refractivity contribution >= 4 is 61.9 Å². The first-order valence-corrected chi connectivity index (χ1v) is 13.9. The fourth-order valence-corrected chi connectivity index (χ4v) is 4.79. The first-order valence-electron chi connectivity index (χ1n) is 11.6. The van der Waals surface area contributed by atoms with Gasteiger partial charge in [0.2, 0.25) is 5.60 Å². The fourth-order valence-electron chi connectivity index (χ4n) is 3.37. The molecule has 1 aliphatic rings. The first-order chi connectivity index (χ1) is 19.5. The van der Waals surface area contributed by atoms with Gasteiger partial charge >= 0.3 is 22.2 Å². The van der Waals surface area contributed by atoms with Gasteiger partial charge in [0.15, 0.2) is 10.8 Å². The molecule has 0 saturated carbocycles. The summed E-state index contributed by atoms with van der Waals surface area (Å²) in [6, 6.07) is 2.21. The van der Waals surface area contributed by atoms with Crippen LogP contribution >= 0.6 is 11.3 Å². The summed E-state index contributed by atoms with van der Waals surface area (Å²) in [5.41, 5.74) is 3.46. The normalized spacial score (nSPS) is 17.2. The van der Waals surface area contributed by atoms with Gasteiger partial charge in [-0.3, -0.25) is 29.1 Å². The number of nitrogens with zero attached hydrogens (tertiary/aromatic N) is 4. The number of carbonyl (C=O) groups excluding carboxylic acids is 4. The molecule has 0 aliphatic carbocycles. The van der Waals surface area contributed by atoms with E-state index in [0.29, 0.717) is 5.56 Å². The monoisotopic (exact) mass is 628 g/mol. The summed E-state index contributed by atoms with van der Waals surface area (Å²) in [6.07, 6.45) is 0. The molecule has 1 aromatic carbocycles. The van der Waals surface area contributed by atoms with Crippen LogP contribution in [0.15, 0.2) is 34.8 Å². The van der Waals surface area contributed by atoms with E-state index in [1.165, 1.54) is 43.5 Å². The van der Waals surface area contributed by atoms with Crippen LogP contribution in [0.2, 0.25) is 0 Å². The van der Waals surface area contributed by atoms with E-state index in [1.807, 2.05) is 0 Å². The van der Waals surface area contributed by atoms with E-state index >= 15 is 0 Å². The number of hydrogen-bond donors (Lipinski definition) is 3. The standard InChI is InChI=1S/C22H24N6O12S2/c1-11(29)38-9-15-17(19(31)27(15)42(35,36)37)25-18(30)16(14-10-41-21(23)24-14)26-40-22(2,3)20(32)39-8-12-4-6-13(7-5-12)28(33)34/h4-7,10,15,17H,8-9H2,1-3H3,(H2,23,24)(H,25,30)(H,35,36,37)/t15-,17+/m1/s1. The van der Waals surface area contributed by atoms with Gasteiger partial charge in [0.25, 0.3) is 17.5 Å². The van der Waals surface area contributed by atoms with Crippen molar-refractivity contribution in [2.75, 3.05) is 12.3 Å². The molecule has 42 heavy (non-hydrogen) atoms. The second kappa shape index (κ2) is 12.4. The van der Waals surface area contributed by atoms with Gasteiger partial charge in [-0.2, -0.15) is 8.42 Å². The van der Waals surface area contributed by atoms with Crippen LogP contribution in [-0.2, 0) is 50.4 Å². The van der Waals surface area contributed by atoms with E-state index in [2.05, 4.69) is 15.5 Å². The zero-order chi connectivity index (χ0) is 31.4. The van der Waals surface area contributed by atoms with Gasteiger partial charge in [-0.15, -0.1) is 11.3 Å². The number of ether oxygens (including phenoxy) is 2. The van der Waals surface area contributed by atoms with Crippen molar-refractivity contribution in [3.63, 3.8) is 0 Å². The maximum absolute atomic E-state index is 13.2. The summed E-state index contributed by atoms with van der Waals surface area (Å²) in [5, 5.41) is 18.1. The second-order valence-electron chi connectivity index (χ2n) is 9.05. The van der Waals surface area contributed by atoms with E-state index in [1.54, 1.807) is 0 Å². The Bertz CT molecular complexity index is 1540. The number of nitrogen functional groups attached to an aromatic ring is 1. The van der Waals surface area contributed by atoms with Crippen molar-refractivity contribution in [2.24, 2.45) is 5.16 Å². The third-order valence-electron chi connectivity index (χ3n) is 5.52. The van der Waals surface area contributed by atoms with E-state index in [4.69, 9.17) is 20.0 Å². The number of nitrogens with two attached hydrogens (primary N) is 1.